The first-order valence-electron chi connectivity index (χ1n) is 7.22. The molecule has 0 saturated carbocycles. The number of halogens is 1. The summed E-state index contributed by atoms with van der Waals surface area (Å²) in [5.41, 5.74) is 2.20. The molecule has 1 unspecified atom stereocenters. The number of aryl methyl sites for hydroxylation is 1. The van der Waals surface area contributed by atoms with Gasteiger partial charge in [0.15, 0.2) is 0 Å². The molecule has 114 valence electrons. The first-order valence-corrected chi connectivity index (χ1v) is 7.22. The Kier molecular flexibility index (Phi) is 8.42. The van der Waals surface area contributed by atoms with Crippen molar-refractivity contribution in [3.05, 3.63) is 35.1 Å². The van der Waals surface area contributed by atoms with Crippen molar-refractivity contribution in [2.45, 2.75) is 32.7 Å². The summed E-state index contributed by atoms with van der Waals surface area (Å²) in [5, 5.41) is 3.43. The molecule has 0 aliphatic rings. The summed E-state index contributed by atoms with van der Waals surface area (Å²) in [5.74, 6) is -0.169. The Morgan fingerprint density at radius 2 is 2.05 bits per heavy atom. The topological polar surface area (TPSA) is 30.5 Å². The zero-order valence-electron chi connectivity index (χ0n) is 12.7. The first kappa shape index (κ1) is 17.1. The summed E-state index contributed by atoms with van der Waals surface area (Å²) < 4.78 is 23.8. The van der Waals surface area contributed by atoms with E-state index in [1.54, 1.807) is 13.2 Å². The van der Waals surface area contributed by atoms with E-state index in [4.69, 9.17) is 9.47 Å². The van der Waals surface area contributed by atoms with Crippen molar-refractivity contribution in [1.29, 1.82) is 0 Å². The van der Waals surface area contributed by atoms with Gasteiger partial charge < -0.3 is 14.8 Å². The van der Waals surface area contributed by atoms with E-state index in [2.05, 4.69) is 12.2 Å². The maximum atomic E-state index is 13.3. The molecule has 0 fully saturated rings. The number of likely N-dealkylation sites (N-methyl/N-ethyl adjacent to an activating group) is 1. The summed E-state index contributed by atoms with van der Waals surface area (Å²) in [6.07, 6.45) is 1.73. The summed E-state index contributed by atoms with van der Waals surface area (Å²) in [4.78, 5) is 0. The van der Waals surface area contributed by atoms with Crippen LogP contribution in [0.1, 0.15) is 24.5 Å². The average molecular weight is 283 g/mol. The second-order valence-corrected chi connectivity index (χ2v) is 4.92. The standard InChI is InChI=1S/C16H26FNO2/c1-4-18-16(7-8-20-10-9-19-3)12-14-11-15(17)6-5-13(14)2/h5-6,11,16,18H,4,7-10,12H2,1-3H3. The van der Waals surface area contributed by atoms with E-state index < -0.39 is 0 Å². The van der Waals surface area contributed by atoms with Crippen molar-refractivity contribution in [3.8, 4) is 0 Å². The summed E-state index contributed by atoms with van der Waals surface area (Å²) >= 11 is 0. The quantitative estimate of drug-likeness (QED) is 0.670. The number of rotatable bonds is 10. The fourth-order valence-corrected chi connectivity index (χ4v) is 2.16. The molecule has 0 bridgehead atoms. The minimum Gasteiger partial charge on any atom is -0.382 e. The molecule has 4 heteroatoms. The molecule has 0 aliphatic carbocycles. The highest BCUT2D eigenvalue weighted by Crippen LogP contribution is 2.14. The number of hydrogen-bond donors (Lipinski definition) is 1. The van der Waals surface area contributed by atoms with E-state index in [9.17, 15) is 4.39 Å². The largest absolute Gasteiger partial charge is 0.382 e. The van der Waals surface area contributed by atoms with Crippen LogP contribution in [0.2, 0.25) is 0 Å². The van der Waals surface area contributed by atoms with Crippen LogP contribution >= 0.6 is 0 Å². The third-order valence-electron chi connectivity index (χ3n) is 3.31. The molecule has 0 aliphatic heterocycles. The van der Waals surface area contributed by atoms with Crippen LogP contribution in [0.5, 0.6) is 0 Å². The number of hydrogen-bond acceptors (Lipinski definition) is 3. The van der Waals surface area contributed by atoms with Crippen molar-refractivity contribution >= 4 is 0 Å². The highest BCUT2D eigenvalue weighted by atomic mass is 19.1. The molecule has 1 aromatic rings. The van der Waals surface area contributed by atoms with Crippen LogP contribution < -0.4 is 5.32 Å². The van der Waals surface area contributed by atoms with E-state index >= 15 is 0 Å². The zero-order chi connectivity index (χ0) is 14.8. The molecule has 0 heterocycles. The zero-order valence-corrected chi connectivity index (χ0v) is 12.7. The molecule has 0 saturated heterocycles. The Bertz CT molecular complexity index is 385. The number of methoxy groups -OCH3 is 1. The van der Waals surface area contributed by atoms with Crippen molar-refractivity contribution in [2.24, 2.45) is 0 Å². The summed E-state index contributed by atoms with van der Waals surface area (Å²) in [6, 6.07) is 5.28. The molecule has 1 atom stereocenters. The van der Waals surface area contributed by atoms with Gasteiger partial charge >= 0.3 is 0 Å². The normalized spacial score (nSPS) is 12.6. The van der Waals surface area contributed by atoms with Crippen LogP contribution in [0, 0.1) is 12.7 Å². The molecule has 1 N–H and O–H groups in total. The van der Waals surface area contributed by atoms with E-state index in [-0.39, 0.29) is 5.82 Å². The maximum absolute atomic E-state index is 13.3. The van der Waals surface area contributed by atoms with Gasteiger partial charge in [-0.05, 0) is 49.6 Å². The Hall–Kier alpha value is -0.970. The summed E-state index contributed by atoms with van der Waals surface area (Å²) in [7, 11) is 1.66. The maximum Gasteiger partial charge on any atom is 0.123 e. The van der Waals surface area contributed by atoms with Gasteiger partial charge in [-0.3, -0.25) is 0 Å². The van der Waals surface area contributed by atoms with Gasteiger partial charge in [0.25, 0.3) is 0 Å². The lowest BCUT2D eigenvalue weighted by Crippen LogP contribution is -2.32. The van der Waals surface area contributed by atoms with Gasteiger partial charge in [-0.1, -0.05) is 13.0 Å². The van der Waals surface area contributed by atoms with Crippen LogP contribution in [0.4, 0.5) is 4.39 Å². The Morgan fingerprint density at radius 1 is 1.25 bits per heavy atom. The van der Waals surface area contributed by atoms with Crippen molar-refractivity contribution < 1.29 is 13.9 Å². The molecular formula is C16H26FNO2. The average Bonchev–Trinajstić information content (AvgIpc) is 2.42. The van der Waals surface area contributed by atoms with Gasteiger partial charge in [-0.15, -0.1) is 0 Å². The van der Waals surface area contributed by atoms with Gasteiger partial charge in [0.2, 0.25) is 0 Å². The van der Waals surface area contributed by atoms with Crippen LogP contribution in [0.3, 0.4) is 0 Å². The Morgan fingerprint density at radius 3 is 2.75 bits per heavy atom. The molecular weight excluding hydrogens is 257 g/mol. The lowest BCUT2D eigenvalue weighted by atomic mass is 9.99. The molecule has 0 aromatic heterocycles. The number of nitrogens with one attached hydrogen (secondary N) is 1. The van der Waals surface area contributed by atoms with Crippen LogP contribution in [0.15, 0.2) is 18.2 Å². The highest BCUT2D eigenvalue weighted by molar-refractivity contribution is 5.27. The lowest BCUT2D eigenvalue weighted by molar-refractivity contribution is 0.0658. The monoisotopic (exact) mass is 283 g/mol. The lowest BCUT2D eigenvalue weighted by Gasteiger charge is -2.19. The highest BCUT2D eigenvalue weighted by Gasteiger charge is 2.10. The second kappa shape index (κ2) is 9.86. The summed E-state index contributed by atoms with van der Waals surface area (Å²) in [6.45, 7) is 6.93. The SMILES string of the molecule is CCNC(CCOCCOC)Cc1cc(F)ccc1C. The van der Waals surface area contributed by atoms with E-state index in [1.165, 1.54) is 6.07 Å². The van der Waals surface area contributed by atoms with Gasteiger partial charge in [-0.25, -0.2) is 4.39 Å². The Balaban J connectivity index is 2.47. The molecule has 1 rings (SSSR count). The second-order valence-electron chi connectivity index (χ2n) is 4.92. The van der Waals surface area contributed by atoms with E-state index in [0.717, 1.165) is 30.5 Å². The molecule has 0 spiro atoms. The van der Waals surface area contributed by atoms with Crippen LogP contribution in [-0.2, 0) is 15.9 Å². The van der Waals surface area contributed by atoms with Crippen molar-refractivity contribution in [2.75, 3.05) is 33.5 Å². The minimum atomic E-state index is -0.169. The number of benzene rings is 1. The van der Waals surface area contributed by atoms with Gasteiger partial charge in [0, 0.05) is 19.8 Å². The fourth-order valence-electron chi connectivity index (χ4n) is 2.16. The third kappa shape index (κ3) is 6.46. The predicted octanol–water partition coefficient (Wildman–Crippen LogP) is 2.71. The minimum absolute atomic E-state index is 0.169. The van der Waals surface area contributed by atoms with Crippen LogP contribution in [0.25, 0.3) is 0 Å². The molecule has 1 aromatic carbocycles. The molecule has 0 radical (unpaired) electrons. The smallest absolute Gasteiger partial charge is 0.123 e. The predicted molar refractivity (Wildman–Crippen MR) is 79.6 cm³/mol. The molecule has 0 amide bonds. The molecule has 3 nitrogen and oxygen atoms in total. The third-order valence-corrected chi connectivity index (χ3v) is 3.31. The van der Waals surface area contributed by atoms with Crippen molar-refractivity contribution in [1.82, 2.24) is 5.32 Å². The van der Waals surface area contributed by atoms with Crippen molar-refractivity contribution in [3.63, 3.8) is 0 Å². The van der Waals surface area contributed by atoms with Gasteiger partial charge in [0.1, 0.15) is 5.82 Å². The van der Waals surface area contributed by atoms with Crippen LogP contribution in [-0.4, -0.2) is 39.5 Å². The number of ether oxygens (including phenoxy) is 2. The molecule has 20 heavy (non-hydrogen) atoms. The Labute approximate surface area is 121 Å². The van der Waals surface area contributed by atoms with Gasteiger partial charge in [-0.2, -0.15) is 0 Å². The van der Waals surface area contributed by atoms with E-state index in [0.29, 0.717) is 25.9 Å². The fraction of sp³-hybridized carbons (Fsp3) is 0.625. The first-order chi connectivity index (χ1) is 9.67. The van der Waals surface area contributed by atoms with E-state index in [1.807, 2.05) is 13.0 Å². The van der Waals surface area contributed by atoms with Gasteiger partial charge in [0.05, 0.1) is 13.2 Å².